The van der Waals surface area contributed by atoms with E-state index in [-0.39, 0.29) is 17.7 Å². The summed E-state index contributed by atoms with van der Waals surface area (Å²) >= 11 is 0. The highest BCUT2D eigenvalue weighted by molar-refractivity contribution is 5.80. The third-order valence-electron chi connectivity index (χ3n) is 3.78. The van der Waals surface area contributed by atoms with Crippen LogP contribution < -0.4 is 0 Å². The molecule has 1 aliphatic carbocycles. The molecule has 0 heterocycles. The summed E-state index contributed by atoms with van der Waals surface area (Å²) in [5.74, 6) is -1.57. The van der Waals surface area contributed by atoms with Gasteiger partial charge in [-0.15, -0.1) is 0 Å². The number of nitrogens with zero attached hydrogens (tertiary/aromatic N) is 2. The van der Waals surface area contributed by atoms with Gasteiger partial charge in [-0.05, 0) is 33.1 Å². The Morgan fingerprint density at radius 1 is 1.42 bits per heavy atom. The second-order valence-corrected chi connectivity index (χ2v) is 5.31. The van der Waals surface area contributed by atoms with Gasteiger partial charge >= 0.3 is 5.97 Å². The van der Waals surface area contributed by atoms with Crippen LogP contribution in [0.25, 0.3) is 0 Å². The van der Waals surface area contributed by atoms with E-state index in [2.05, 4.69) is 6.07 Å². The van der Waals surface area contributed by atoms with Crippen molar-refractivity contribution in [3.8, 4) is 6.07 Å². The minimum atomic E-state index is -0.800. The SMILES string of the molecule is CCN(CC(C)C#N)C(=O)C1CCCC(C(=O)O)C1. The van der Waals surface area contributed by atoms with Crippen molar-refractivity contribution in [2.75, 3.05) is 13.1 Å². The molecule has 0 aromatic carbocycles. The van der Waals surface area contributed by atoms with Crippen LogP contribution in [0.1, 0.15) is 39.5 Å². The molecule has 1 N–H and O–H groups in total. The van der Waals surface area contributed by atoms with Crippen molar-refractivity contribution in [2.45, 2.75) is 39.5 Å². The van der Waals surface area contributed by atoms with Crippen LogP contribution in [0.5, 0.6) is 0 Å². The molecule has 5 nitrogen and oxygen atoms in total. The minimum Gasteiger partial charge on any atom is -0.481 e. The van der Waals surface area contributed by atoms with E-state index >= 15 is 0 Å². The van der Waals surface area contributed by atoms with E-state index < -0.39 is 11.9 Å². The molecule has 0 saturated heterocycles. The normalized spacial score (nSPS) is 24.3. The summed E-state index contributed by atoms with van der Waals surface area (Å²) in [6, 6.07) is 2.13. The van der Waals surface area contributed by atoms with E-state index in [0.717, 1.165) is 12.8 Å². The molecular formula is C14H22N2O3. The van der Waals surface area contributed by atoms with E-state index in [0.29, 0.717) is 25.9 Å². The van der Waals surface area contributed by atoms with Crippen LogP contribution in [-0.4, -0.2) is 35.0 Å². The Morgan fingerprint density at radius 3 is 2.58 bits per heavy atom. The number of aliphatic carboxylic acids is 1. The molecule has 1 rings (SSSR count). The zero-order valence-electron chi connectivity index (χ0n) is 11.6. The van der Waals surface area contributed by atoms with Crippen LogP contribution in [0.15, 0.2) is 0 Å². The monoisotopic (exact) mass is 266 g/mol. The molecule has 19 heavy (non-hydrogen) atoms. The van der Waals surface area contributed by atoms with Crippen LogP contribution in [0.4, 0.5) is 0 Å². The molecule has 1 amide bonds. The van der Waals surface area contributed by atoms with Crippen LogP contribution in [0.3, 0.4) is 0 Å². The lowest BCUT2D eigenvalue weighted by atomic mass is 9.80. The Morgan fingerprint density at radius 2 is 2.05 bits per heavy atom. The molecule has 106 valence electrons. The van der Waals surface area contributed by atoms with Gasteiger partial charge in [-0.1, -0.05) is 6.42 Å². The highest BCUT2D eigenvalue weighted by atomic mass is 16.4. The van der Waals surface area contributed by atoms with Gasteiger partial charge in [0.1, 0.15) is 0 Å². The Labute approximate surface area is 114 Å². The van der Waals surface area contributed by atoms with Gasteiger partial charge in [0.15, 0.2) is 0 Å². The number of carboxylic acids is 1. The number of carbonyl (C=O) groups excluding carboxylic acids is 1. The van der Waals surface area contributed by atoms with Gasteiger partial charge in [0, 0.05) is 19.0 Å². The van der Waals surface area contributed by atoms with Crippen molar-refractivity contribution in [1.29, 1.82) is 5.26 Å². The van der Waals surface area contributed by atoms with E-state index in [1.54, 1.807) is 11.8 Å². The number of hydrogen-bond acceptors (Lipinski definition) is 3. The average molecular weight is 266 g/mol. The molecule has 0 aliphatic heterocycles. The zero-order chi connectivity index (χ0) is 14.4. The zero-order valence-corrected chi connectivity index (χ0v) is 11.6. The third-order valence-corrected chi connectivity index (χ3v) is 3.78. The maximum atomic E-state index is 12.4. The quantitative estimate of drug-likeness (QED) is 0.823. The first kappa shape index (κ1) is 15.5. The molecule has 3 atom stereocenters. The molecule has 1 aliphatic rings. The average Bonchev–Trinajstić information content (AvgIpc) is 2.43. The highest BCUT2D eigenvalue weighted by Crippen LogP contribution is 2.30. The van der Waals surface area contributed by atoms with Gasteiger partial charge in [0.25, 0.3) is 0 Å². The first-order valence-corrected chi connectivity index (χ1v) is 6.90. The number of carbonyl (C=O) groups is 2. The molecule has 0 aromatic rings. The van der Waals surface area contributed by atoms with E-state index in [4.69, 9.17) is 10.4 Å². The number of hydrogen-bond donors (Lipinski definition) is 1. The lowest BCUT2D eigenvalue weighted by Crippen LogP contribution is -2.41. The fraction of sp³-hybridized carbons (Fsp3) is 0.786. The van der Waals surface area contributed by atoms with Gasteiger partial charge in [-0.3, -0.25) is 9.59 Å². The topological polar surface area (TPSA) is 81.4 Å². The molecule has 0 bridgehead atoms. The molecule has 0 spiro atoms. The Kier molecular flexibility index (Phi) is 5.81. The van der Waals surface area contributed by atoms with Crippen molar-refractivity contribution < 1.29 is 14.7 Å². The Balaban J connectivity index is 2.64. The molecular weight excluding hydrogens is 244 g/mol. The van der Waals surface area contributed by atoms with Gasteiger partial charge in [0.05, 0.1) is 17.9 Å². The first-order valence-electron chi connectivity index (χ1n) is 6.90. The lowest BCUT2D eigenvalue weighted by Gasteiger charge is -2.31. The summed E-state index contributed by atoms with van der Waals surface area (Å²) in [4.78, 5) is 25.1. The molecule has 5 heteroatoms. The molecule has 1 saturated carbocycles. The van der Waals surface area contributed by atoms with E-state index in [9.17, 15) is 9.59 Å². The minimum absolute atomic E-state index is 0.00977. The number of carboxylic acid groups (broad SMARTS) is 1. The van der Waals surface area contributed by atoms with Gasteiger partial charge in [-0.2, -0.15) is 5.26 Å². The van der Waals surface area contributed by atoms with Gasteiger partial charge in [-0.25, -0.2) is 0 Å². The highest BCUT2D eigenvalue weighted by Gasteiger charge is 2.33. The summed E-state index contributed by atoms with van der Waals surface area (Å²) in [7, 11) is 0. The maximum absolute atomic E-state index is 12.4. The summed E-state index contributed by atoms with van der Waals surface area (Å²) in [6.45, 7) is 4.68. The Hall–Kier alpha value is -1.57. The van der Waals surface area contributed by atoms with Crippen LogP contribution >= 0.6 is 0 Å². The summed E-state index contributed by atoms with van der Waals surface area (Å²) in [6.07, 6.45) is 2.66. The van der Waals surface area contributed by atoms with Gasteiger partial charge in [0.2, 0.25) is 5.91 Å². The number of rotatable bonds is 5. The fourth-order valence-electron chi connectivity index (χ4n) is 2.64. The third kappa shape index (κ3) is 4.23. The largest absolute Gasteiger partial charge is 0.481 e. The standard InChI is InChI=1S/C14H22N2O3/c1-3-16(9-10(2)8-15)13(17)11-5-4-6-12(7-11)14(18)19/h10-12H,3-7,9H2,1-2H3,(H,18,19). The number of amides is 1. The second-order valence-electron chi connectivity index (χ2n) is 5.31. The molecule has 0 radical (unpaired) electrons. The first-order chi connectivity index (χ1) is 8.99. The maximum Gasteiger partial charge on any atom is 0.306 e. The van der Waals surface area contributed by atoms with Crippen LogP contribution in [-0.2, 0) is 9.59 Å². The smallest absolute Gasteiger partial charge is 0.306 e. The summed E-state index contributed by atoms with van der Waals surface area (Å²) in [5.41, 5.74) is 0. The van der Waals surface area contributed by atoms with Crippen LogP contribution in [0.2, 0.25) is 0 Å². The number of nitriles is 1. The summed E-state index contributed by atoms with van der Waals surface area (Å²) in [5, 5.41) is 17.9. The molecule has 3 unspecified atom stereocenters. The predicted molar refractivity (Wildman–Crippen MR) is 70.1 cm³/mol. The van der Waals surface area contributed by atoms with Crippen molar-refractivity contribution >= 4 is 11.9 Å². The predicted octanol–water partition coefficient (Wildman–Crippen LogP) is 1.89. The molecule has 0 aromatic heterocycles. The lowest BCUT2D eigenvalue weighted by molar-refractivity contribution is -0.145. The second kappa shape index (κ2) is 7.13. The van der Waals surface area contributed by atoms with E-state index in [1.807, 2.05) is 6.92 Å². The Bertz CT molecular complexity index is 375. The van der Waals surface area contributed by atoms with Crippen molar-refractivity contribution in [1.82, 2.24) is 4.90 Å². The fourth-order valence-corrected chi connectivity index (χ4v) is 2.64. The van der Waals surface area contributed by atoms with E-state index in [1.165, 1.54) is 0 Å². The van der Waals surface area contributed by atoms with Crippen molar-refractivity contribution in [3.63, 3.8) is 0 Å². The summed E-state index contributed by atoms with van der Waals surface area (Å²) < 4.78 is 0. The van der Waals surface area contributed by atoms with Crippen molar-refractivity contribution in [2.24, 2.45) is 17.8 Å². The molecule has 1 fully saturated rings. The van der Waals surface area contributed by atoms with Crippen molar-refractivity contribution in [3.05, 3.63) is 0 Å². The van der Waals surface area contributed by atoms with Crippen LogP contribution in [0, 0.1) is 29.1 Å². The van der Waals surface area contributed by atoms with Gasteiger partial charge < -0.3 is 10.0 Å².